The first-order valence-corrected chi connectivity index (χ1v) is 9.88. The van der Waals surface area contributed by atoms with Gasteiger partial charge in [-0.25, -0.2) is 9.37 Å². The number of carbonyl (C=O) groups excluding carboxylic acids is 1. The van der Waals surface area contributed by atoms with Crippen LogP contribution < -0.4 is 10.2 Å². The number of hydrogen-bond donors (Lipinski definition) is 1. The number of anilines is 1. The molecule has 1 amide bonds. The summed E-state index contributed by atoms with van der Waals surface area (Å²) in [5.41, 5.74) is 0.982. The van der Waals surface area contributed by atoms with E-state index in [0.717, 1.165) is 37.3 Å². The number of aromatic nitrogens is 1. The minimum atomic E-state index is -0.257. The first kappa shape index (κ1) is 20.6. The van der Waals surface area contributed by atoms with Gasteiger partial charge in [0.05, 0.1) is 11.1 Å². The van der Waals surface area contributed by atoms with E-state index in [2.05, 4.69) is 15.2 Å². The Kier molecular flexibility index (Phi) is 6.86. The van der Waals surface area contributed by atoms with Crippen LogP contribution in [0.4, 0.5) is 10.2 Å². The minimum absolute atomic E-state index is 0.000389. The third-order valence-electron chi connectivity index (χ3n) is 5.25. The molecule has 1 aromatic carbocycles. The Bertz CT molecular complexity index is 774. The fourth-order valence-corrected chi connectivity index (χ4v) is 3.66. The molecule has 3 rings (SSSR count). The molecule has 150 valence electrons. The topological polar surface area (TPSA) is 48.5 Å². The number of benzene rings is 1. The Morgan fingerprint density at radius 3 is 2.50 bits per heavy atom. The summed E-state index contributed by atoms with van der Waals surface area (Å²) in [5.74, 6) is 0.719. The predicted octanol–water partition coefficient (Wildman–Crippen LogP) is 3.51. The molecule has 1 aliphatic rings. The molecule has 1 unspecified atom stereocenters. The maximum atomic E-state index is 13.2. The van der Waals surface area contributed by atoms with Gasteiger partial charge in [0.2, 0.25) is 5.91 Å². The SMILES string of the molecule is CN(C)C(CNC(=O)C1CCN(c2ccc(Cl)cn2)CC1)c1ccc(F)cc1. The summed E-state index contributed by atoms with van der Waals surface area (Å²) in [7, 11) is 3.91. The number of amides is 1. The molecule has 1 saturated heterocycles. The van der Waals surface area contributed by atoms with Gasteiger partial charge < -0.3 is 15.1 Å². The van der Waals surface area contributed by atoms with Gasteiger partial charge in [-0.2, -0.15) is 0 Å². The Hall–Kier alpha value is -2.18. The molecule has 0 spiro atoms. The van der Waals surface area contributed by atoms with Crippen LogP contribution in [0, 0.1) is 11.7 Å². The Morgan fingerprint density at radius 2 is 1.93 bits per heavy atom. The van der Waals surface area contributed by atoms with Gasteiger partial charge in [0.25, 0.3) is 0 Å². The number of carbonyl (C=O) groups is 1. The van der Waals surface area contributed by atoms with Crippen molar-refractivity contribution in [2.75, 3.05) is 38.6 Å². The lowest BCUT2D eigenvalue weighted by Crippen LogP contribution is -2.43. The van der Waals surface area contributed by atoms with Crippen LogP contribution in [0.5, 0.6) is 0 Å². The fraction of sp³-hybridized carbons (Fsp3) is 0.429. The molecule has 1 aliphatic heterocycles. The van der Waals surface area contributed by atoms with Gasteiger partial charge in [-0.05, 0) is 56.8 Å². The van der Waals surface area contributed by atoms with Gasteiger partial charge in [-0.1, -0.05) is 23.7 Å². The highest BCUT2D eigenvalue weighted by atomic mass is 35.5. The van der Waals surface area contributed by atoms with Crippen LogP contribution in [0.25, 0.3) is 0 Å². The maximum absolute atomic E-state index is 13.2. The standard InChI is InChI=1S/C21H26ClFN4O/c1-26(2)19(15-3-6-18(23)7-4-15)14-25-21(28)16-9-11-27(12-10-16)20-8-5-17(22)13-24-20/h3-8,13,16,19H,9-12,14H2,1-2H3,(H,25,28). The van der Waals surface area contributed by atoms with Gasteiger partial charge in [-0.3, -0.25) is 4.79 Å². The van der Waals surface area contributed by atoms with Gasteiger partial charge in [0.15, 0.2) is 0 Å². The number of halogens is 2. The Morgan fingerprint density at radius 1 is 1.25 bits per heavy atom. The van der Waals surface area contributed by atoms with Crippen molar-refractivity contribution < 1.29 is 9.18 Å². The van der Waals surface area contributed by atoms with Crippen molar-refractivity contribution >= 4 is 23.3 Å². The summed E-state index contributed by atoms with van der Waals surface area (Å²) in [5, 5.41) is 3.70. The molecule has 2 aromatic rings. The summed E-state index contributed by atoms with van der Waals surface area (Å²) in [6.45, 7) is 2.08. The van der Waals surface area contributed by atoms with Crippen LogP contribution in [0.3, 0.4) is 0 Å². The lowest BCUT2D eigenvalue weighted by molar-refractivity contribution is -0.125. The first-order valence-electron chi connectivity index (χ1n) is 9.50. The maximum Gasteiger partial charge on any atom is 0.223 e. The van der Waals surface area contributed by atoms with Crippen molar-refractivity contribution in [2.45, 2.75) is 18.9 Å². The summed E-state index contributed by atoms with van der Waals surface area (Å²) in [6, 6.07) is 10.2. The van der Waals surface area contributed by atoms with E-state index in [-0.39, 0.29) is 23.7 Å². The van der Waals surface area contributed by atoms with Crippen LogP contribution in [0.15, 0.2) is 42.6 Å². The Balaban J connectivity index is 1.52. The molecule has 0 saturated carbocycles. The minimum Gasteiger partial charge on any atom is -0.357 e. The van der Waals surface area contributed by atoms with Crippen molar-refractivity contribution in [3.8, 4) is 0 Å². The second-order valence-electron chi connectivity index (χ2n) is 7.37. The molecule has 1 atom stereocenters. The van der Waals surface area contributed by atoms with Crippen molar-refractivity contribution in [1.29, 1.82) is 0 Å². The van der Waals surface area contributed by atoms with Gasteiger partial charge >= 0.3 is 0 Å². The molecule has 0 bridgehead atoms. The highest BCUT2D eigenvalue weighted by Gasteiger charge is 2.26. The molecule has 28 heavy (non-hydrogen) atoms. The first-order chi connectivity index (χ1) is 13.4. The zero-order valence-electron chi connectivity index (χ0n) is 16.2. The van der Waals surface area contributed by atoms with Gasteiger partial charge in [0.1, 0.15) is 11.6 Å². The lowest BCUT2D eigenvalue weighted by Gasteiger charge is -2.33. The van der Waals surface area contributed by atoms with Gasteiger partial charge in [0, 0.05) is 31.7 Å². The number of likely N-dealkylation sites (N-methyl/N-ethyl adjacent to an activating group) is 1. The Labute approximate surface area is 170 Å². The highest BCUT2D eigenvalue weighted by Crippen LogP contribution is 2.23. The zero-order chi connectivity index (χ0) is 20.1. The number of rotatable bonds is 6. The van der Waals surface area contributed by atoms with Crippen molar-refractivity contribution in [3.05, 3.63) is 59.0 Å². The molecule has 7 heteroatoms. The lowest BCUT2D eigenvalue weighted by atomic mass is 9.95. The molecular formula is C21H26ClFN4O. The number of nitrogens with zero attached hydrogens (tertiary/aromatic N) is 3. The largest absolute Gasteiger partial charge is 0.357 e. The summed E-state index contributed by atoms with van der Waals surface area (Å²) in [4.78, 5) is 21.2. The molecule has 2 heterocycles. The van der Waals surface area contributed by atoms with Crippen molar-refractivity contribution in [1.82, 2.24) is 15.2 Å². The number of pyridine rings is 1. The van der Waals surface area contributed by atoms with Crippen LogP contribution in [-0.4, -0.2) is 49.5 Å². The fourth-order valence-electron chi connectivity index (χ4n) is 3.55. The molecule has 0 radical (unpaired) electrons. The number of piperidine rings is 1. The number of nitrogens with one attached hydrogen (secondary N) is 1. The third kappa shape index (κ3) is 5.20. The zero-order valence-corrected chi connectivity index (χ0v) is 17.0. The molecule has 1 aromatic heterocycles. The van der Waals surface area contributed by atoms with Crippen LogP contribution in [-0.2, 0) is 4.79 Å². The summed E-state index contributed by atoms with van der Waals surface area (Å²) in [6.07, 6.45) is 3.23. The van der Waals surface area contributed by atoms with Crippen LogP contribution in [0.2, 0.25) is 5.02 Å². The molecular weight excluding hydrogens is 379 g/mol. The van der Waals surface area contributed by atoms with Crippen LogP contribution in [0.1, 0.15) is 24.4 Å². The van der Waals surface area contributed by atoms with E-state index < -0.39 is 0 Å². The molecule has 5 nitrogen and oxygen atoms in total. The smallest absolute Gasteiger partial charge is 0.223 e. The van der Waals surface area contributed by atoms with Crippen molar-refractivity contribution in [3.63, 3.8) is 0 Å². The molecule has 1 fully saturated rings. The highest BCUT2D eigenvalue weighted by molar-refractivity contribution is 6.30. The van der Waals surface area contributed by atoms with E-state index >= 15 is 0 Å². The second kappa shape index (κ2) is 9.34. The average molecular weight is 405 g/mol. The van der Waals surface area contributed by atoms with E-state index in [4.69, 9.17) is 11.6 Å². The molecule has 1 N–H and O–H groups in total. The molecule has 0 aliphatic carbocycles. The summed E-state index contributed by atoms with van der Waals surface area (Å²) < 4.78 is 13.2. The predicted molar refractivity (Wildman–Crippen MR) is 110 cm³/mol. The van der Waals surface area contributed by atoms with E-state index in [1.807, 2.05) is 31.1 Å². The van der Waals surface area contributed by atoms with E-state index in [1.165, 1.54) is 12.1 Å². The van der Waals surface area contributed by atoms with Crippen molar-refractivity contribution in [2.24, 2.45) is 5.92 Å². The van der Waals surface area contributed by atoms with E-state index in [1.54, 1.807) is 18.3 Å². The quantitative estimate of drug-likeness (QED) is 0.800. The average Bonchev–Trinajstić information content (AvgIpc) is 2.70. The second-order valence-corrected chi connectivity index (χ2v) is 7.81. The monoisotopic (exact) mass is 404 g/mol. The summed E-state index contributed by atoms with van der Waals surface area (Å²) >= 11 is 5.89. The van der Waals surface area contributed by atoms with E-state index in [9.17, 15) is 9.18 Å². The van der Waals surface area contributed by atoms with Gasteiger partial charge in [-0.15, -0.1) is 0 Å². The van der Waals surface area contributed by atoms with E-state index in [0.29, 0.717) is 11.6 Å². The third-order valence-corrected chi connectivity index (χ3v) is 5.47. The van der Waals surface area contributed by atoms with Crippen LogP contribution >= 0.6 is 11.6 Å². The normalized spacial score (nSPS) is 16.2. The number of hydrogen-bond acceptors (Lipinski definition) is 4.